The van der Waals surface area contributed by atoms with Gasteiger partial charge in [-0.2, -0.15) is 0 Å². The van der Waals surface area contributed by atoms with Gasteiger partial charge in [-0.3, -0.25) is 18.7 Å². The second kappa shape index (κ2) is 6.94. The average Bonchev–Trinajstić information content (AvgIpc) is 3.26. The number of imidazole rings is 1. The molecule has 0 radical (unpaired) electrons. The van der Waals surface area contributed by atoms with Crippen LogP contribution in [0.1, 0.15) is 21.7 Å². The Morgan fingerprint density at radius 1 is 1.07 bits per heavy atom. The Bertz CT molecular complexity index is 1420. The predicted molar refractivity (Wildman–Crippen MR) is 110 cm³/mol. The van der Waals surface area contributed by atoms with Gasteiger partial charge in [0.05, 0.1) is 12.9 Å². The summed E-state index contributed by atoms with van der Waals surface area (Å²) >= 11 is 0. The SMILES string of the molecule is Cc1cc(C(=O)Cn2cnc3c2c(=O)n(C)c(=O)n3C)c(C)n1-c1ccc(F)cc1. The van der Waals surface area contributed by atoms with Gasteiger partial charge in [0, 0.05) is 36.7 Å². The zero-order valence-electron chi connectivity index (χ0n) is 17.0. The molecule has 4 aromatic rings. The minimum Gasteiger partial charge on any atom is -0.318 e. The highest BCUT2D eigenvalue weighted by Crippen LogP contribution is 2.22. The molecular weight excluding hydrogens is 389 g/mol. The number of halogens is 1. The van der Waals surface area contributed by atoms with Gasteiger partial charge in [-0.1, -0.05) is 0 Å². The van der Waals surface area contributed by atoms with Crippen LogP contribution in [-0.4, -0.2) is 29.0 Å². The van der Waals surface area contributed by atoms with Crippen LogP contribution in [0.15, 0.2) is 46.2 Å². The summed E-state index contributed by atoms with van der Waals surface area (Å²) in [7, 11) is 2.92. The van der Waals surface area contributed by atoms with E-state index in [1.165, 1.54) is 41.7 Å². The lowest BCUT2D eigenvalue weighted by Crippen LogP contribution is -2.37. The van der Waals surface area contributed by atoms with Crippen LogP contribution in [0.4, 0.5) is 4.39 Å². The van der Waals surface area contributed by atoms with E-state index in [-0.39, 0.29) is 29.3 Å². The number of carbonyl (C=O) groups excluding carboxylic acids is 1. The molecule has 8 nitrogen and oxygen atoms in total. The van der Waals surface area contributed by atoms with Crippen LogP contribution < -0.4 is 11.2 Å². The summed E-state index contributed by atoms with van der Waals surface area (Å²) in [6.45, 7) is 3.58. The summed E-state index contributed by atoms with van der Waals surface area (Å²) < 4.78 is 18.9. The average molecular weight is 409 g/mol. The maximum absolute atomic E-state index is 13.3. The van der Waals surface area contributed by atoms with E-state index in [9.17, 15) is 18.8 Å². The molecule has 0 aliphatic rings. The molecule has 0 atom stereocenters. The van der Waals surface area contributed by atoms with E-state index in [0.717, 1.165) is 15.9 Å². The van der Waals surface area contributed by atoms with Gasteiger partial charge in [0.15, 0.2) is 16.9 Å². The quantitative estimate of drug-likeness (QED) is 0.482. The monoisotopic (exact) mass is 409 g/mol. The first kappa shape index (κ1) is 19.6. The molecule has 3 heterocycles. The number of hydrogen-bond donors (Lipinski definition) is 0. The third-order valence-electron chi connectivity index (χ3n) is 5.35. The Kier molecular flexibility index (Phi) is 4.53. The Morgan fingerprint density at radius 3 is 2.40 bits per heavy atom. The van der Waals surface area contributed by atoms with Gasteiger partial charge in [-0.05, 0) is 44.2 Å². The third kappa shape index (κ3) is 2.90. The molecule has 0 N–H and O–H groups in total. The summed E-state index contributed by atoms with van der Waals surface area (Å²) in [5, 5.41) is 0. The smallest absolute Gasteiger partial charge is 0.318 e. The van der Waals surface area contributed by atoms with Crippen molar-refractivity contribution in [1.82, 2.24) is 23.3 Å². The highest BCUT2D eigenvalue weighted by Gasteiger charge is 2.20. The van der Waals surface area contributed by atoms with Crippen LogP contribution in [-0.2, 0) is 20.6 Å². The lowest BCUT2D eigenvalue weighted by Gasteiger charge is -2.10. The van der Waals surface area contributed by atoms with E-state index in [4.69, 9.17) is 0 Å². The zero-order valence-corrected chi connectivity index (χ0v) is 17.0. The summed E-state index contributed by atoms with van der Waals surface area (Å²) in [5.41, 5.74) is 2.24. The maximum Gasteiger partial charge on any atom is 0.332 e. The first-order valence-electron chi connectivity index (χ1n) is 9.29. The Hall–Kier alpha value is -3.75. The minimum absolute atomic E-state index is 0.0995. The van der Waals surface area contributed by atoms with Gasteiger partial charge in [0.1, 0.15) is 5.82 Å². The van der Waals surface area contributed by atoms with Crippen molar-refractivity contribution >= 4 is 16.9 Å². The van der Waals surface area contributed by atoms with E-state index in [2.05, 4.69) is 4.98 Å². The summed E-state index contributed by atoms with van der Waals surface area (Å²) in [6, 6.07) is 7.81. The number of nitrogens with zero attached hydrogens (tertiary/aromatic N) is 5. The number of aryl methyl sites for hydroxylation is 2. The highest BCUT2D eigenvalue weighted by molar-refractivity contribution is 5.98. The Labute approximate surface area is 170 Å². The fraction of sp³-hybridized carbons (Fsp3) is 0.238. The summed E-state index contributed by atoms with van der Waals surface area (Å²) in [5.74, 6) is -0.535. The van der Waals surface area contributed by atoms with Crippen LogP contribution in [0.5, 0.6) is 0 Å². The molecular formula is C21H20FN5O3. The molecule has 0 fully saturated rings. The molecule has 0 spiro atoms. The fourth-order valence-electron chi connectivity index (χ4n) is 3.79. The van der Waals surface area contributed by atoms with Crippen molar-refractivity contribution in [3.8, 4) is 5.69 Å². The van der Waals surface area contributed by atoms with Crippen LogP contribution >= 0.6 is 0 Å². The van der Waals surface area contributed by atoms with E-state index in [0.29, 0.717) is 11.3 Å². The van der Waals surface area contributed by atoms with Crippen molar-refractivity contribution < 1.29 is 9.18 Å². The van der Waals surface area contributed by atoms with Crippen molar-refractivity contribution in [3.63, 3.8) is 0 Å². The number of fused-ring (bicyclic) bond motifs is 1. The predicted octanol–water partition coefficient (Wildman–Crippen LogP) is 1.86. The number of carbonyl (C=O) groups is 1. The molecule has 0 amide bonds. The third-order valence-corrected chi connectivity index (χ3v) is 5.35. The van der Waals surface area contributed by atoms with E-state index in [1.54, 1.807) is 18.2 Å². The van der Waals surface area contributed by atoms with Gasteiger partial charge in [-0.15, -0.1) is 0 Å². The lowest BCUT2D eigenvalue weighted by molar-refractivity contribution is 0.0972. The Balaban J connectivity index is 1.76. The molecule has 3 aromatic heterocycles. The second-order valence-corrected chi connectivity index (χ2v) is 7.27. The van der Waals surface area contributed by atoms with Crippen LogP contribution in [0.2, 0.25) is 0 Å². The lowest BCUT2D eigenvalue weighted by atomic mass is 10.1. The maximum atomic E-state index is 13.3. The van der Waals surface area contributed by atoms with Gasteiger partial charge in [0.2, 0.25) is 0 Å². The molecule has 154 valence electrons. The molecule has 1 aromatic carbocycles. The molecule has 30 heavy (non-hydrogen) atoms. The second-order valence-electron chi connectivity index (χ2n) is 7.27. The molecule has 9 heteroatoms. The number of aromatic nitrogens is 5. The number of Topliss-reactive ketones (excluding diaryl/α,β-unsaturated/α-hetero) is 1. The normalized spacial score (nSPS) is 11.4. The highest BCUT2D eigenvalue weighted by atomic mass is 19.1. The molecule has 0 bridgehead atoms. The first-order valence-corrected chi connectivity index (χ1v) is 9.29. The molecule has 0 unspecified atom stereocenters. The van der Waals surface area contributed by atoms with Gasteiger partial charge < -0.3 is 9.13 Å². The molecule has 0 aliphatic carbocycles. The molecule has 0 aliphatic heterocycles. The van der Waals surface area contributed by atoms with E-state index >= 15 is 0 Å². The molecule has 0 saturated carbocycles. The fourth-order valence-corrected chi connectivity index (χ4v) is 3.79. The summed E-state index contributed by atoms with van der Waals surface area (Å²) in [6.07, 6.45) is 1.39. The van der Waals surface area contributed by atoms with Crippen molar-refractivity contribution in [2.75, 3.05) is 0 Å². The number of rotatable bonds is 4. The van der Waals surface area contributed by atoms with Gasteiger partial charge in [-0.25, -0.2) is 14.2 Å². The number of hydrogen-bond acceptors (Lipinski definition) is 4. The van der Waals surface area contributed by atoms with Crippen LogP contribution in [0.3, 0.4) is 0 Å². The van der Waals surface area contributed by atoms with Crippen molar-refractivity contribution in [3.05, 3.63) is 80.3 Å². The van der Waals surface area contributed by atoms with Crippen LogP contribution in [0, 0.1) is 19.7 Å². The molecule has 0 saturated heterocycles. The van der Waals surface area contributed by atoms with Crippen molar-refractivity contribution in [2.24, 2.45) is 14.1 Å². The van der Waals surface area contributed by atoms with Crippen molar-refractivity contribution in [2.45, 2.75) is 20.4 Å². The zero-order chi connectivity index (χ0) is 21.7. The molecule has 4 rings (SSSR count). The standard InChI is InChI=1S/C21H20FN5O3/c1-12-9-16(13(2)27(12)15-7-5-14(22)6-8-15)17(28)10-26-11-23-19-18(26)20(29)25(4)21(30)24(19)3/h5-9,11H,10H2,1-4H3. The summed E-state index contributed by atoms with van der Waals surface area (Å²) in [4.78, 5) is 41.9. The first-order chi connectivity index (χ1) is 14.2. The number of ketones is 1. The van der Waals surface area contributed by atoms with Crippen LogP contribution in [0.25, 0.3) is 16.9 Å². The van der Waals surface area contributed by atoms with Crippen molar-refractivity contribution in [1.29, 1.82) is 0 Å². The van der Waals surface area contributed by atoms with E-state index < -0.39 is 11.2 Å². The van der Waals surface area contributed by atoms with Gasteiger partial charge in [0.25, 0.3) is 5.56 Å². The largest absolute Gasteiger partial charge is 0.332 e. The Morgan fingerprint density at radius 2 is 1.73 bits per heavy atom. The topological polar surface area (TPSA) is 83.8 Å². The number of benzene rings is 1. The van der Waals surface area contributed by atoms with E-state index in [1.807, 2.05) is 18.4 Å². The minimum atomic E-state index is -0.504. The van der Waals surface area contributed by atoms with Gasteiger partial charge >= 0.3 is 5.69 Å².